The third kappa shape index (κ3) is 8.74. The van der Waals surface area contributed by atoms with Crippen LogP contribution in [0.15, 0.2) is 60.9 Å². The van der Waals surface area contributed by atoms with E-state index in [4.69, 9.17) is 5.11 Å². The fraction of sp³-hybridized carbons (Fsp3) is 0.433. The average molecular weight is 459 g/mol. The van der Waals surface area contributed by atoms with Gasteiger partial charge in [-0.25, -0.2) is 9.97 Å². The molecule has 0 atom stereocenters. The highest BCUT2D eigenvalue weighted by molar-refractivity contribution is 5.68. The van der Waals surface area contributed by atoms with Crippen LogP contribution < -0.4 is 0 Å². The topological polar surface area (TPSA) is 63.1 Å². The molecule has 0 bridgehead atoms. The van der Waals surface area contributed by atoms with E-state index in [2.05, 4.69) is 65.4 Å². The van der Waals surface area contributed by atoms with Crippen LogP contribution in [0.2, 0.25) is 0 Å². The van der Waals surface area contributed by atoms with E-state index >= 15 is 0 Å². The summed E-state index contributed by atoms with van der Waals surface area (Å²) in [5.74, 6) is 0.0811. The summed E-state index contributed by atoms with van der Waals surface area (Å²) in [4.78, 5) is 19.7. The largest absolute Gasteiger partial charge is 0.481 e. The van der Waals surface area contributed by atoms with Crippen LogP contribution in [-0.4, -0.2) is 21.0 Å². The number of nitrogens with zero attached hydrogens (tertiary/aromatic N) is 2. The Balaban J connectivity index is 1.47. The summed E-state index contributed by atoms with van der Waals surface area (Å²) >= 11 is 0. The molecule has 1 heterocycles. The van der Waals surface area contributed by atoms with E-state index in [0.29, 0.717) is 0 Å². The average Bonchev–Trinajstić information content (AvgIpc) is 2.87. The zero-order valence-corrected chi connectivity index (χ0v) is 20.5. The van der Waals surface area contributed by atoms with Gasteiger partial charge in [-0.3, -0.25) is 4.79 Å². The molecule has 0 aliphatic heterocycles. The lowest BCUT2D eigenvalue weighted by Crippen LogP contribution is -1.94. The molecule has 0 aliphatic carbocycles. The molecular weight excluding hydrogens is 420 g/mol. The van der Waals surface area contributed by atoms with Crippen molar-refractivity contribution in [1.29, 1.82) is 0 Å². The van der Waals surface area contributed by atoms with Crippen molar-refractivity contribution < 1.29 is 9.90 Å². The number of aliphatic carboxylic acids is 1. The summed E-state index contributed by atoms with van der Waals surface area (Å²) in [6.45, 7) is 2.24. The zero-order chi connectivity index (χ0) is 24.0. The third-order valence-electron chi connectivity index (χ3n) is 6.31. The van der Waals surface area contributed by atoms with Crippen molar-refractivity contribution in [3.63, 3.8) is 0 Å². The van der Waals surface area contributed by atoms with Gasteiger partial charge in [-0.15, -0.1) is 0 Å². The van der Waals surface area contributed by atoms with Crippen molar-refractivity contribution in [1.82, 2.24) is 9.97 Å². The molecule has 4 nitrogen and oxygen atoms in total. The second-order valence-electron chi connectivity index (χ2n) is 9.16. The number of rotatable bonds is 15. The maximum absolute atomic E-state index is 10.6. The first-order valence-electron chi connectivity index (χ1n) is 12.9. The molecule has 0 amide bonds. The van der Waals surface area contributed by atoms with Crippen molar-refractivity contribution in [2.75, 3.05) is 0 Å². The molecule has 0 unspecified atom stereocenters. The Morgan fingerprint density at radius 3 is 1.74 bits per heavy atom. The number of carboxylic acid groups (broad SMARTS) is 1. The number of hydrogen-bond acceptors (Lipinski definition) is 3. The van der Waals surface area contributed by atoms with Crippen LogP contribution in [-0.2, 0) is 17.6 Å². The Kier molecular flexibility index (Phi) is 10.8. The smallest absolute Gasteiger partial charge is 0.303 e. The molecule has 0 aliphatic rings. The van der Waals surface area contributed by atoms with Crippen LogP contribution in [0.1, 0.15) is 82.3 Å². The second-order valence-corrected chi connectivity index (χ2v) is 9.16. The van der Waals surface area contributed by atoms with Gasteiger partial charge in [0.2, 0.25) is 0 Å². The maximum Gasteiger partial charge on any atom is 0.303 e. The number of carbonyl (C=O) groups is 1. The Labute approximate surface area is 204 Å². The molecule has 1 N–H and O–H groups in total. The standard InChI is InChI=1S/C30H38N2O2/c1-2-3-4-5-9-12-25-22-31-30(32-23-25)28-20-18-27(19-21-28)26-16-14-24(15-17-26)11-8-6-7-10-13-29(33)34/h14-23H,2-13H2,1H3,(H,33,34). The number of aryl methyl sites for hydroxylation is 2. The lowest BCUT2D eigenvalue weighted by molar-refractivity contribution is -0.137. The van der Waals surface area contributed by atoms with Gasteiger partial charge in [0.05, 0.1) is 0 Å². The van der Waals surface area contributed by atoms with Crippen molar-refractivity contribution in [3.05, 3.63) is 72.1 Å². The van der Waals surface area contributed by atoms with Gasteiger partial charge in [0.15, 0.2) is 5.82 Å². The molecule has 4 heteroatoms. The highest BCUT2D eigenvalue weighted by Gasteiger charge is 2.04. The monoisotopic (exact) mass is 458 g/mol. The fourth-order valence-corrected chi connectivity index (χ4v) is 4.20. The fourth-order valence-electron chi connectivity index (χ4n) is 4.20. The first kappa shape index (κ1) is 25.6. The Morgan fingerprint density at radius 2 is 1.15 bits per heavy atom. The van der Waals surface area contributed by atoms with E-state index in [1.165, 1.54) is 54.4 Å². The molecule has 180 valence electrons. The molecular formula is C30H38N2O2. The minimum absolute atomic E-state index is 0.282. The van der Waals surface area contributed by atoms with Crippen LogP contribution in [0.3, 0.4) is 0 Å². The molecule has 0 radical (unpaired) electrons. The number of carboxylic acids is 1. The van der Waals surface area contributed by atoms with Crippen LogP contribution in [0.5, 0.6) is 0 Å². The molecule has 3 aromatic rings. The molecule has 2 aromatic carbocycles. The number of unbranched alkanes of at least 4 members (excludes halogenated alkanes) is 7. The SMILES string of the molecule is CCCCCCCc1cnc(-c2ccc(-c3ccc(CCCCCCC(=O)O)cc3)cc2)nc1. The molecule has 0 fully saturated rings. The molecule has 0 saturated carbocycles. The maximum atomic E-state index is 10.6. The van der Waals surface area contributed by atoms with Gasteiger partial charge in [0, 0.05) is 24.4 Å². The number of benzene rings is 2. The first-order valence-corrected chi connectivity index (χ1v) is 12.9. The lowest BCUT2D eigenvalue weighted by atomic mass is 10.00. The van der Waals surface area contributed by atoms with E-state index < -0.39 is 5.97 Å². The normalized spacial score (nSPS) is 11.0. The van der Waals surface area contributed by atoms with E-state index in [9.17, 15) is 4.79 Å². The molecule has 34 heavy (non-hydrogen) atoms. The van der Waals surface area contributed by atoms with Crippen molar-refractivity contribution in [2.24, 2.45) is 0 Å². The van der Waals surface area contributed by atoms with Crippen LogP contribution in [0.4, 0.5) is 0 Å². The Morgan fingerprint density at radius 1 is 0.647 bits per heavy atom. The predicted molar refractivity (Wildman–Crippen MR) is 140 cm³/mol. The van der Waals surface area contributed by atoms with E-state index in [1.54, 1.807) is 0 Å². The van der Waals surface area contributed by atoms with Gasteiger partial charge in [-0.2, -0.15) is 0 Å². The molecule has 0 spiro atoms. The highest BCUT2D eigenvalue weighted by Crippen LogP contribution is 2.24. The summed E-state index contributed by atoms with van der Waals surface area (Å²) in [6, 6.07) is 17.2. The Hall–Kier alpha value is -3.01. The summed E-state index contributed by atoms with van der Waals surface area (Å²) in [7, 11) is 0. The van der Waals surface area contributed by atoms with E-state index in [1.807, 2.05) is 12.4 Å². The summed E-state index contributed by atoms with van der Waals surface area (Å²) < 4.78 is 0. The predicted octanol–water partition coefficient (Wildman–Crippen LogP) is 7.90. The van der Waals surface area contributed by atoms with Gasteiger partial charge < -0.3 is 5.11 Å². The van der Waals surface area contributed by atoms with Crippen molar-refractivity contribution in [2.45, 2.75) is 84.0 Å². The third-order valence-corrected chi connectivity index (χ3v) is 6.31. The first-order chi connectivity index (χ1) is 16.7. The van der Waals surface area contributed by atoms with Crippen molar-refractivity contribution in [3.8, 4) is 22.5 Å². The molecule has 1 aromatic heterocycles. The quantitative estimate of drug-likeness (QED) is 0.235. The highest BCUT2D eigenvalue weighted by atomic mass is 16.4. The minimum Gasteiger partial charge on any atom is -0.481 e. The molecule has 0 saturated heterocycles. The van der Waals surface area contributed by atoms with Gasteiger partial charge in [-0.1, -0.05) is 94.0 Å². The summed E-state index contributed by atoms with van der Waals surface area (Å²) in [5.41, 5.74) is 5.98. The second kappa shape index (κ2) is 14.3. The van der Waals surface area contributed by atoms with Gasteiger partial charge >= 0.3 is 5.97 Å². The van der Waals surface area contributed by atoms with Gasteiger partial charge in [0.1, 0.15) is 0 Å². The van der Waals surface area contributed by atoms with Crippen LogP contribution in [0, 0.1) is 0 Å². The van der Waals surface area contributed by atoms with E-state index in [0.717, 1.165) is 49.9 Å². The van der Waals surface area contributed by atoms with Gasteiger partial charge in [-0.05, 0) is 54.4 Å². The van der Waals surface area contributed by atoms with Gasteiger partial charge in [0.25, 0.3) is 0 Å². The summed E-state index contributed by atoms with van der Waals surface area (Å²) in [5, 5.41) is 8.69. The van der Waals surface area contributed by atoms with E-state index in [-0.39, 0.29) is 6.42 Å². The molecule has 3 rings (SSSR count). The Bertz CT molecular complexity index is 980. The minimum atomic E-state index is -0.697. The lowest BCUT2D eigenvalue weighted by Gasteiger charge is -2.07. The zero-order valence-electron chi connectivity index (χ0n) is 20.5. The van der Waals surface area contributed by atoms with Crippen LogP contribution >= 0.6 is 0 Å². The van der Waals surface area contributed by atoms with Crippen LogP contribution in [0.25, 0.3) is 22.5 Å². The summed E-state index contributed by atoms with van der Waals surface area (Å²) in [6.07, 6.45) is 16.7. The number of hydrogen-bond donors (Lipinski definition) is 1. The number of aromatic nitrogens is 2. The van der Waals surface area contributed by atoms with Crippen molar-refractivity contribution >= 4 is 5.97 Å².